The van der Waals surface area contributed by atoms with Crippen molar-refractivity contribution in [1.82, 2.24) is 4.90 Å². The monoisotopic (exact) mass is 224 g/mol. The van der Waals surface area contributed by atoms with Crippen LogP contribution < -0.4 is 0 Å². The van der Waals surface area contributed by atoms with Crippen molar-refractivity contribution in [1.29, 1.82) is 5.26 Å². The van der Waals surface area contributed by atoms with Gasteiger partial charge < -0.3 is 9.64 Å². The highest BCUT2D eigenvalue weighted by atomic mass is 16.5. The van der Waals surface area contributed by atoms with Gasteiger partial charge in [0.1, 0.15) is 0 Å². The van der Waals surface area contributed by atoms with Crippen molar-refractivity contribution in [3.05, 3.63) is 0 Å². The van der Waals surface area contributed by atoms with E-state index in [2.05, 4.69) is 6.07 Å². The van der Waals surface area contributed by atoms with Gasteiger partial charge in [-0.3, -0.25) is 4.79 Å². The van der Waals surface area contributed by atoms with Crippen molar-refractivity contribution in [3.8, 4) is 6.07 Å². The van der Waals surface area contributed by atoms with Crippen LogP contribution in [0, 0.1) is 23.2 Å². The van der Waals surface area contributed by atoms with Crippen LogP contribution in [-0.4, -0.2) is 37.1 Å². The molecule has 0 N–H and O–H groups in total. The topological polar surface area (TPSA) is 53.3 Å². The van der Waals surface area contributed by atoms with Gasteiger partial charge in [-0.25, -0.2) is 0 Å². The van der Waals surface area contributed by atoms with Gasteiger partial charge in [0.25, 0.3) is 0 Å². The first kappa shape index (κ1) is 13.0. The lowest BCUT2D eigenvalue weighted by atomic mass is 9.98. The van der Waals surface area contributed by atoms with Crippen LogP contribution in [-0.2, 0) is 9.53 Å². The summed E-state index contributed by atoms with van der Waals surface area (Å²) in [5.41, 5.74) is 0. The number of nitriles is 1. The third-order valence-electron chi connectivity index (χ3n) is 2.98. The lowest BCUT2D eigenvalue weighted by Gasteiger charge is -2.29. The highest BCUT2D eigenvalue weighted by Crippen LogP contribution is 2.18. The Bertz CT molecular complexity index is 267. The number of nitrogens with zero attached hydrogens (tertiary/aromatic N) is 2. The molecule has 0 aliphatic carbocycles. The van der Waals surface area contributed by atoms with Crippen molar-refractivity contribution in [2.45, 2.75) is 26.7 Å². The summed E-state index contributed by atoms with van der Waals surface area (Å²) in [5, 5.41) is 8.76. The Morgan fingerprint density at radius 3 is 2.69 bits per heavy atom. The molecule has 1 aliphatic rings. The summed E-state index contributed by atoms with van der Waals surface area (Å²) in [6, 6.07) is 2.17. The number of carbonyl (C=O) groups excluding carboxylic acids is 1. The van der Waals surface area contributed by atoms with Crippen LogP contribution >= 0.6 is 0 Å². The molecule has 0 radical (unpaired) electrons. The molecule has 1 amide bonds. The van der Waals surface area contributed by atoms with E-state index in [4.69, 9.17) is 10.00 Å². The maximum absolute atomic E-state index is 12.1. The Morgan fingerprint density at radius 2 is 2.19 bits per heavy atom. The van der Waals surface area contributed by atoms with Gasteiger partial charge in [0.05, 0.1) is 12.0 Å². The van der Waals surface area contributed by atoms with E-state index >= 15 is 0 Å². The number of hydrogen-bond acceptors (Lipinski definition) is 3. The summed E-state index contributed by atoms with van der Waals surface area (Å²) >= 11 is 0. The van der Waals surface area contributed by atoms with Gasteiger partial charge in [-0.2, -0.15) is 5.26 Å². The molecule has 4 nitrogen and oxygen atoms in total. The smallest absolute Gasteiger partial charge is 0.225 e. The second-order valence-electron chi connectivity index (χ2n) is 4.29. The van der Waals surface area contributed by atoms with Gasteiger partial charge in [-0.1, -0.05) is 0 Å². The molecule has 0 bridgehead atoms. The third kappa shape index (κ3) is 3.49. The van der Waals surface area contributed by atoms with Crippen molar-refractivity contribution in [3.63, 3.8) is 0 Å². The molecule has 1 fully saturated rings. The molecule has 1 saturated heterocycles. The summed E-state index contributed by atoms with van der Waals surface area (Å²) in [4.78, 5) is 13.9. The molecule has 1 heterocycles. The zero-order valence-corrected chi connectivity index (χ0v) is 10.1. The average Bonchev–Trinajstić information content (AvgIpc) is 2.35. The van der Waals surface area contributed by atoms with Gasteiger partial charge in [-0.15, -0.1) is 0 Å². The van der Waals surface area contributed by atoms with Gasteiger partial charge in [0.2, 0.25) is 5.91 Å². The van der Waals surface area contributed by atoms with E-state index in [9.17, 15) is 4.79 Å². The van der Waals surface area contributed by atoms with Crippen LogP contribution in [0.5, 0.6) is 0 Å². The van der Waals surface area contributed by atoms with Crippen LogP contribution in [0.4, 0.5) is 0 Å². The van der Waals surface area contributed by atoms with E-state index in [1.165, 1.54) is 0 Å². The lowest BCUT2D eigenvalue weighted by Crippen LogP contribution is -2.40. The van der Waals surface area contributed by atoms with Crippen LogP contribution in [0.25, 0.3) is 0 Å². The predicted molar refractivity (Wildman–Crippen MR) is 60.6 cm³/mol. The maximum atomic E-state index is 12.1. The summed E-state index contributed by atoms with van der Waals surface area (Å²) in [5.74, 6) is 0.191. The Labute approximate surface area is 97.2 Å². The standard InChI is InChI=1S/C12H20N2O2/c1-3-14(9-10(2)8-13)12(15)11-4-6-16-7-5-11/h10-11H,3-7,9H2,1-2H3. The van der Waals surface area contributed by atoms with Gasteiger partial charge >= 0.3 is 0 Å². The minimum absolute atomic E-state index is 0.0938. The number of hydrogen-bond donors (Lipinski definition) is 0. The largest absolute Gasteiger partial charge is 0.381 e. The summed E-state index contributed by atoms with van der Waals surface area (Å²) in [6.07, 6.45) is 1.63. The fourth-order valence-corrected chi connectivity index (χ4v) is 1.95. The van der Waals surface area contributed by atoms with Crippen LogP contribution in [0.3, 0.4) is 0 Å². The summed E-state index contributed by atoms with van der Waals surface area (Å²) in [6.45, 7) is 6.40. The SMILES string of the molecule is CCN(CC(C)C#N)C(=O)C1CCOCC1. The van der Waals surface area contributed by atoms with Crippen molar-refractivity contribution in [2.24, 2.45) is 11.8 Å². The Balaban J connectivity index is 2.51. The van der Waals surface area contributed by atoms with Crippen LogP contribution in [0.2, 0.25) is 0 Å². The minimum Gasteiger partial charge on any atom is -0.381 e. The molecule has 16 heavy (non-hydrogen) atoms. The summed E-state index contributed by atoms with van der Waals surface area (Å²) in [7, 11) is 0. The van der Waals surface area contributed by atoms with E-state index in [-0.39, 0.29) is 17.7 Å². The van der Waals surface area contributed by atoms with Crippen molar-refractivity contribution in [2.75, 3.05) is 26.3 Å². The second-order valence-corrected chi connectivity index (χ2v) is 4.29. The molecule has 1 atom stereocenters. The Morgan fingerprint density at radius 1 is 1.56 bits per heavy atom. The number of carbonyl (C=O) groups is 1. The zero-order valence-electron chi connectivity index (χ0n) is 10.1. The fourth-order valence-electron chi connectivity index (χ4n) is 1.95. The van der Waals surface area contributed by atoms with Crippen molar-refractivity contribution < 1.29 is 9.53 Å². The molecular formula is C12H20N2O2. The molecule has 1 aliphatic heterocycles. The molecule has 0 aromatic carbocycles. The second kappa shape index (κ2) is 6.49. The molecular weight excluding hydrogens is 204 g/mol. The van der Waals surface area contributed by atoms with Crippen molar-refractivity contribution >= 4 is 5.91 Å². The van der Waals surface area contributed by atoms with E-state index in [1.807, 2.05) is 13.8 Å². The van der Waals surface area contributed by atoms with Gasteiger partial charge in [-0.05, 0) is 26.7 Å². The van der Waals surface area contributed by atoms with Gasteiger partial charge in [0.15, 0.2) is 0 Å². The van der Waals surface area contributed by atoms with E-state index in [1.54, 1.807) is 4.90 Å². The van der Waals surface area contributed by atoms with E-state index in [0.29, 0.717) is 26.3 Å². The molecule has 0 spiro atoms. The first-order valence-electron chi connectivity index (χ1n) is 5.95. The predicted octanol–water partition coefficient (Wildman–Crippen LogP) is 1.42. The molecule has 0 saturated carbocycles. The molecule has 90 valence electrons. The summed E-state index contributed by atoms with van der Waals surface area (Å²) < 4.78 is 5.24. The molecule has 0 aromatic heterocycles. The lowest BCUT2D eigenvalue weighted by molar-refractivity contribution is -0.138. The third-order valence-corrected chi connectivity index (χ3v) is 2.98. The normalized spacial score (nSPS) is 18.8. The quantitative estimate of drug-likeness (QED) is 0.725. The number of amides is 1. The zero-order chi connectivity index (χ0) is 12.0. The average molecular weight is 224 g/mol. The van der Waals surface area contributed by atoms with Crippen LogP contribution in [0.15, 0.2) is 0 Å². The molecule has 1 unspecified atom stereocenters. The molecule has 1 rings (SSSR count). The number of rotatable bonds is 4. The first-order valence-corrected chi connectivity index (χ1v) is 5.95. The fraction of sp³-hybridized carbons (Fsp3) is 0.833. The molecule has 0 aromatic rings. The highest BCUT2D eigenvalue weighted by Gasteiger charge is 2.26. The maximum Gasteiger partial charge on any atom is 0.225 e. The minimum atomic E-state index is -0.0938. The Hall–Kier alpha value is -1.08. The van der Waals surface area contributed by atoms with Crippen LogP contribution in [0.1, 0.15) is 26.7 Å². The first-order chi connectivity index (χ1) is 7.69. The Kier molecular flexibility index (Phi) is 5.27. The van der Waals surface area contributed by atoms with Gasteiger partial charge in [0, 0.05) is 32.2 Å². The highest BCUT2D eigenvalue weighted by molar-refractivity contribution is 5.78. The molecule has 4 heteroatoms. The van der Waals surface area contributed by atoms with E-state index in [0.717, 1.165) is 12.8 Å². The van der Waals surface area contributed by atoms with E-state index < -0.39 is 0 Å². The number of ether oxygens (including phenoxy) is 1.